The van der Waals surface area contributed by atoms with Gasteiger partial charge < -0.3 is 20.3 Å². The van der Waals surface area contributed by atoms with Crippen molar-refractivity contribution >= 4 is 30.0 Å². The molecule has 0 saturated heterocycles. The zero-order chi connectivity index (χ0) is 24.0. The Morgan fingerprint density at radius 1 is 0.971 bits per heavy atom. The van der Waals surface area contributed by atoms with Gasteiger partial charge in [-0.1, -0.05) is 54.1 Å². The molecule has 3 aromatic rings. The van der Waals surface area contributed by atoms with Gasteiger partial charge in [-0.2, -0.15) is 0 Å². The van der Waals surface area contributed by atoms with Gasteiger partial charge in [-0.15, -0.1) is 12.4 Å². The highest BCUT2D eigenvalue weighted by molar-refractivity contribution is 6.30. The van der Waals surface area contributed by atoms with E-state index < -0.39 is 12.1 Å². The number of aliphatic hydroxyl groups excluding tert-OH is 1. The topological polar surface area (TPSA) is 78.8 Å². The Balaban J connectivity index is 0.00000408. The highest BCUT2D eigenvalue weighted by Gasteiger charge is 2.14. The number of carboxylic acids is 1. The summed E-state index contributed by atoms with van der Waals surface area (Å²) < 4.78 is 5.71. The molecule has 3 N–H and O–H groups in total. The van der Waals surface area contributed by atoms with E-state index in [4.69, 9.17) is 16.3 Å². The Morgan fingerprint density at radius 2 is 1.59 bits per heavy atom. The first kappa shape index (κ1) is 27.7. The lowest BCUT2D eigenvalue weighted by Gasteiger charge is -2.18. The minimum absolute atomic E-state index is 0. The fraction of sp³-hybridized carbons (Fsp3) is 0.296. The maximum absolute atomic E-state index is 11.5. The summed E-state index contributed by atoms with van der Waals surface area (Å²) in [5, 5.41) is 23.8. The molecular weight excluding hydrogens is 473 g/mol. The van der Waals surface area contributed by atoms with E-state index in [1.54, 1.807) is 30.3 Å². The van der Waals surface area contributed by atoms with E-state index in [2.05, 4.69) is 24.4 Å². The van der Waals surface area contributed by atoms with Crippen molar-refractivity contribution in [2.45, 2.75) is 45.4 Å². The lowest BCUT2D eigenvalue weighted by Crippen LogP contribution is -2.32. The van der Waals surface area contributed by atoms with Crippen LogP contribution in [0.5, 0.6) is 5.75 Å². The monoisotopic (exact) mass is 503 g/mol. The van der Waals surface area contributed by atoms with E-state index in [-0.39, 0.29) is 30.1 Å². The summed E-state index contributed by atoms with van der Waals surface area (Å²) in [6.07, 6.45) is 0.101. The largest absolute Gasteiger partial charge is 0.490 e. The number of aliphatic hydroxyl groups is 1. The highest BCUT2D eigenvalue weighted by Crippen LogP contribution is 2.29. The van der Waals surface area contributed by atoms with Crippen molar-refractivity contribution in [3.8, 4) is 16.9 Å². The van der Waals surface area contributed by atoms with Crippen molar-refractivity contribution in [1.29, 1.82) is 0 Å². The molecule has 7 heteroatoms. The number of benzene rings is 3. The second kappa shape index (κ2) is 12.8. The number of nitrogens with one attached hydrogen (secondary N) is 1. The molecule has 0 heterocycles. The third kappa shape index (κ3) is 7.74. The van der Waals surface area contributed by atoms with Gasteiger partial charge in [-0.25, -0.2) is 4.79 Å². The van der Waals surface area contributed by atoms with Crippen molar-refractivity contribution in [3.05, 3.63) is 88.4 Å². The van der Waals surface area contributed by atoms with E-state index in [1.807, 2.05) is 38.1 Å². The molecule has 2 atom stereocenters. The first-order valence-corrected chi connectivity index (χ1v) is 11.4. The van der Waals surface area contributed by atoms with Crippen molar-refractivity contribution in [1.82, 2.24) is 5.32 Å². The molecular formula is C27H31Cl2NO4. The molecule has 182 valence electrons. The third-order valence-corrected chi connectivity index (χ3v) is 5.57. The predicted octanol–water partition coefficient (Wildman–Crippen LogP) is 6.17. The molecule has 3 rings (SSSR count). The molecule has 0 unspecified atom stereocenters. The summed E-state index contributed by atoms with van der Waals surface area (Å²) >= 11 is 5.90. The van der Waals surface area contributed by atoms with Crippen molar-refractivity contribution in [2.75, 3.05) is 6.54 Å². The van der Waals surface area contributed by atoms with Crippen LogP contribution < -0.4 is 10.1 Å². The summed E-state index contributed by atoms with van der Waals surface area (Å²) in [5.41, 5.74) is 4.05. The quantitative estimate of drug-likeness (QED) is 0.308. The normalized spacial score (nSPS) is 12.6. The van der Waals surface area contributed by atoms with Crippen LogP contribution in [0.2, 0.25) is 5.02 Å². The van der Waals surface area contributed by atoms with Crippen molar-refractivity contribution in [3.63, 3.8) is 0 Å². The highest BCUT2D eigenvalue weighted by atomic mass is 35.5. The molecule has 0 saturated carbocycles. The van der Waals surface area contributed by atoms with Crippen LogP contribution in [0.15, 0.2) is 66.7 Å². The Kier molecular flexibility index (Phi) is 10.4. The van der Waals surface area contributed by atoms with Crippen LogP contribution in [0, 0.1) is 0 Å². The average molecular weight is 504 g/mol. The van der Waals surface area contributed by atoms with Gasteiger partial charge in [0.05, 0.1) is 12.2 Å². The van der Waals surface area contributed by atoms with E-state index in [0.29, 0.717) is 17.3 Å². The fourth-order valence-corrected chi connectivity index (χ4v) is 3.73. The van der Waals surface area contributed by atoms with E-state index in [0.717, 1.165) is 23.1 Å². The summed E-state index contributed by atoms with van der Waals surface area (Å²) in [4.78, 5) is 11.5. The summed E-state index contributed by atoms with van der Waals surface area (Å²) in [5.74, 6) is -0.633. The first-order valence-electron chi connectivity index (χ1n) is 11.0. The minimum Gasteiger partial charge on any atom is -0.490 e. The zero-order valence-corrected chi connectivity index (χ0v) is 21.1. The van der Waals surface area contributed by atoms with Crippen LogP contribution >= 0.6 is 24.0 Å². The Hall–Kier alpha value is -2.57. The lowest BCUT2D eigenvalue weighted by molar-refractivity contribution is 0.0690. The van der Waals surface area contributed by atoms with Gasteiger partial charge in [0, 0.05) is 17.6 Å². The van der Waals surface area contributed by atoms with Gasteiger partial charge in [0.1, 0.15) is 11.3 Å². The molecule has 3 aromatic carbocycles. The minimum atomic E-state index is -1.00. The molecule has 0 aliphatic heterocycles. The molecule has 0 radical (unpaired) electrons. The molecule has 0 bridgehead atoms. The lowest BCUT2D eigenvalue weighted by atomic mass is 9.99. The number of hydrogen-bond acceptors (Lipinski definition) is 4. The average Bonchev–Trinajstić information content (AvgIpc) is 2.78. The summed E-state index contributed by atoms with van der Waals surface area (Å²) in [7, 11) is 0. The van der Waals surface area contributed by atoms with Gasteiger partial charge >= 0.3 is 5.97 Å². The van der Waals surface area contributed by atoms with Crippen LogP contribution in [0.3, 0.4) is 0 Å². The van der Waals surface area contributed by atoms with Gasteiger partial charge in [-0.05, 0) is 73.7 Å². The van der Waals surface area contributed by atoms with Crippen LogP contribution in [0.1, 0.15) is 48.4 Å². The summed E-state index contributed by atoms with van der Waals surface area (Å²) in [6, 6.07) is 20.7. The Bertz CT molecular complexity index is 1070. The number of carbonyl (C=O) groups is 1. The first-order chi connectivity index (χ1) is 15.7. The maximum Gasteiger partial charge on any atom is 0.339 e. The summed E-state index contributed by atoms with van der Waals surface area (Å²) in [6.45, 7) is 6.28. The SMILES string of the molecule is CC(C)Oc1cc(-c2ccc(C[C@@H](C)NC[C@H](O)c3ccc(Cl)cc3)cc2)ccc1C(=O)O.Cl. The predicted molar refractivity (Wildman–Crippen MR) is 139 cm³/mol. The Morgan fingerprint density at radius 3 is 2.18 bits per heavy atom. The number of rotatable bonds is 10. The third-order valence-electron chi connectivity index (χ3n) is 5.32. The Labute approximate surface area is 212 Å². The van der Waals surface area contributed by atoms with E-state index >= 15 is 0 Å². The molecule has 0 aliphatic rings. The maximum atomic E-state index is 11.5. The number of ether oxygens (including phenoxy) is 1. The molecule has 0 amide bonds. The molecule has 5 nitrogen and oxygen atoms in total. The smallest absolute Gasteiger partial charge is 0.339 e. The molecule has 0 fully saturated rings. The van der Waals surface area contributed by atoms with Crippen LogP contribution in [-0.4, -0.2) is 34.9 Å². The second-order valence-corrected chi connectivity index (χ2v) is 8.90. The molecule has 34 heavy (non-hydrogen) atoms. The van der Waals surface area contributed by atoms with E-state index in [9.17, 15) is 15.0 Å². The van der Waals surface area contributed by atoms with Crippen molar-refractivity contribution in [2.24, 2.45) is 0 Å². The number of carboxylic acid groups (broad SMARTS) is 1. The van der Waals surface area contributed by atoms with Crippen LogP contribution in [0.25, 0.3) is 11.1 Å². The number of halogens is 2. The van der Waals surface area contributed by atoms with Gasteiger partial charge in [0.15, 0.2) is 0 Å². The zero-order valence-electron chi connectivity index (χ0n) is 19.5. The van der Waals surface area contributed by atoms with Gasteiger partial charge in [0.2, 0.25) is 0 Å². The van der Waals surface area contributed by atoms with E-state index in [1.165, 1.54) is 5.56 Å². The van der Waals surface area contributed by atoms with Gasteiger partial charge in [-0.3, -0.25) is 0 Å². The molecule has 0 aliphatic carbocycles. The standard InChI is InChI=1S/C27H30ClNO4.ClH/c1-17(2)33-26-15-22(10-13-24(26)27(31)32)20-6-4-19(5-7-20)14-18(3)29-16-25(30)21-8-11-23(28)12-9-21;/h4-13,15,17-18,25,29-30H,14,16H2,1-3H3,(H,31,32);1H/t18-,25+;/m1./s1. The second-order valence-electron chi connectivity index (χ2n) is 8.46. The van der Waals surface area contributed by atoms with Gasteiger partial charge in [0.25, 0.3) is 0 Å². The van der Waals surface area contributed by atoms with Crippen LogP contribution in [0.4, 0.5) is 0 Å². The molecule has 0 spiro atoms. The molecule has 0 aromatic heterocycles. The fourth-order valence-electron chi connectivity index (χ4n) is 3.60. The number of hydrogen-bond donors (Lipinski definition) is 3. The number of aromatic carboxylic acids is 1. The van der Waals surface area contributed by atoms with Crippen LogP contribution in [-0.2, 0) is 6.42 Å². The van der Waals surface area contributed by atoms with Crippen molar-refractivity contribution < 1.29 is 19.7 Å².